The van der Waals surface area contributed by atoms with Gasteiger partial charge in [-0.1, -0.05) is 94.4 Å². The molecule has 1 aliphatic carbocycles. The van der Waals surface area contributed by atoms with Crippen molar-refractivity contribution in [1.82, 2.24) is 15.2 Å². The zero-order valence-corrected chi connectivity index (χ0v) is 30.2. The summed E-state index contributed by atoms with van der Waals surface area (Å²) >= 11 is 0. The lowest BCUT2D eigenvalue weighted by Gasteiger charge is -2.24. The Labute approximate surface area is 276 Å². The molecule has 0 saturated carbocycles. The number of carbonyl (C=O) groups excluding carboxylic acids is 1. The first kappa shape index (κ1) is 45.1. The third-order valence-electron chi connectivity index (χ3n) is 7.63. The number of pyridine rings is 1. The van der Waals surface area contributed by atoms with E-state index in [4.69, 9.17) is 10.2 Å². The Balaban J connectivity index is 0. The van der Waals surface area contributed by atoms with Crippen LogP contribution in [0.25, 0.3) is 0 Å². The molecular formula is C36H62F3N5O2. The molecule has 2 heterocycles. The number of unbranched alkanes of at least 4 members (excludes halogenated alkanes) is 1. The summed E-state index contributed by atoms with van der Waals surface area (Å²) in [5.41, 5.74) is -0.811. The summed E-state index contributed by atoms with van der Waals surface area (Å²) in [5, 5.41) is 13.0. The standard InChI is InChI=1S/C15H25N3.C12H15F3N2O.C4H10.C3H8.C2H4O/c1-4-9-18(10-8-13(3)5-2)15-7-6-14(11-16)12-17-15;1-3-6(2)7-4-5-8-9(12(13,14)15)11(18)17-16-10(7)8;1-3-4-2;1-3-2;1-2-3/h6-7,11-13,16H,4-5,8-10H2,1-3H3;6-7H,3-5H2,1-2H3,(H,17,18);3-4H2,1-2H3;3H2,1-2H3;2H,1H3. The minimum atomic E-state index is -4.61. The maximum Gasteiger partial charge on any atom is 0.422 e. The molecule has 0 aliphatic heterocycles. The Kier molecular flexibility index (Phi) is 25.6. The molecule has 1 aliphatic rings. The van der Waals surface area contributed by atoms with Gasteiger partial charge in [0.2, 0.25) is 0 Å². The number of halogens is 3. The van der Waals surface area contributed by atoms with E-state index in [0.29, 0.717) is 12.1 Å². The fraction of sp³-hybridized carbons (Fsp3) is 0.694. The fourth-order valence-corrected chi connectivity index (χ4v) is 4.50. The average Bonchev–Trinajstić information content (AvgIpc) is 3.46. The number of anilines is 1. The number of fused-ring (bicyclic) bond motifs is 1. The van der Waals surface area contributed by atoms with Crippen LogP contribution >= 0.6 is 0 Å². The summed E-state index contributed by atoms with van der Waals surface area (Å²) < 4.78 is 38.6. The molecule has 2 aromatic heterocycles. The van der Waals surface area contributed by atoms with Crippen molar-refractivity contribution < 1.29 is 18.0 Å². The molecule has 0 fully saturated rings. The monoisotopic (exact) mass is 653 g/mol. The highest BCUT2D eigenvalue weighted by Gasteiger charge is 2.41. The molecule has 2 aromatic rings. The van der Waals surface area contributed by atoms with Gasteiger partial charge in [0, 0.05) is 37.0 Å². The van der Waals surface area contributed by atoms with Gasteiger partial charge in [-0.3, -0.25) is 4.79 Å². The van der Waals surface area contributed by atoms with Crippen LogP contribution < -0.4 is 10.5 Å². The number of aromatic amines is 1. The first-order valence-electron chi connectivity index (χ1n) is 17.1. The molecule has 264 valence electrons. The third kappa shape index (κ3) is 17.0. The number of aromatic nitrogens is 3. The molecule has 0 amide bonds. The van der Waals surface area contributed by atoms with E-state index >= 15 is 0 Å². The minimum Gasteiger partial charge on any atom is -0.357 e. The molecular weight excluding hydrogens is 591 g/mol. The number of nitrogens with zero attached hydrogens (tertiary/aromatic N) is 3. The van der Waals surface area contributed by atoms with Crippen molar-refractivity contribution in [2.24, 2.45) is 11.8 Å². The molecule has 0 aromatic carbocycles. The first-order valence-corrected chi connectivity index (χ1v) is 17.1. The quantitative estimate of drug-likeness (QED) is 0.186. The van der Waals surface area contributed by atoms with Crippen LogP contribution in [0.15, 0.2) is 23.1 Å². The summed E-state index contributed by atoms with van der Waals surface area (Å²) in [4.78, 5) is 26.9. The summed E-state index contributed by atoms with van der Waals surface area (Å²) in [6, 6.07) is 3.98. The van der Waals surface area contributed by atoms with Crippen molar-refractivity contribution in [1.29, 1.82) is 5.41 Å². The van der Waals surface area contributed by atoms with Crippen LogP contribution in [0.3, 0.4) is 0 Å². The number of hydrogen-bond acceptors (Lipinski definition) is 6. The van der Waals surface area contributed by atoms with Gasteiger partial charge in [-0.05, 0) is 62.1 Å². The maximum absolute atomic E-state index is 12.9. The van der Waals surface area contributed by atoms with Gasteiger partial charge in [0.15, 0.2) is 0 Å². The first-order chi connectivity index (χ1) is 21.8. The largest absolute Gasteiger partial charge is 0.422 e. The highest BCUT2D eigenvalue weighted by molar-refractivity contribution is 5.76. The average molecular weight is 654 g/mol. The summed E-state index contributed by atoms with van der Waals surface area (Å²) in [6.07, 6.45) is 8.53. The SMILES string of the molecule is CC=O.CCC.CCC(C)C1CCc2c1n[nH]c(=O)c2C(F)(F)F.CCCC.CCCN(CCC(C)CC)c1ccc(C=N)cn1. The molecule has 3 rings (SSSR count). The topological polar surface area (TPSA) is 103 Å². The Bertz CT molecular complexity index is 1120. The van der Waals surface area contributed by atoms with E-state index in [1.807, 2.05) is 31.1 Å². The second kappa shape index (κ2) is 26.1. The molecule has 3 unspecified atom stereocenters. The van der Waals surface area contributed by atoms with E-state index in [1.165, 1.54) is 45.2 Å². The molecule has 2 N–H and O–H groups in total. The van der Waals surface area contributed by atoms with E-state index in [9.17, 15) is 18.0 Å². The molecule has 0 spiro atoms. The lowest BCUT2D eigenvalue weighted by Crippen LogP contribution is -2.27. The smallest absolute Gasteiger partial charge is 0.357 e. The normalized spacial score (nSPS) is 14.2. The van der Waals surface area contributed by atoms with Crippen LogP contribution in [-0.2, 0) is 17.4 Å². The molecule has 46 heavy (non-hydrogen) atoms. The van der Waals surface area contributed by atoms with Gasteiger partial charge in [0.1, 0.15) is 17.7 Å². The van der Waals surface area contributed by atoms with Gasteiger partial charge in [0.05, 0.1) is 5.69 Å². The zero-order valence-electron chi connectivity index (χ0n) is 30.2. The van der Waals surface area contributed by atoms with Crippen LogP contribution in [0, 0.1) is 17.2 Å². The Morgan fingerprint density at radius 1 is 1.02 bits per heavy atom. The minimum absolute atomic E-state index is 0.0166. The summed E-state index contributed by atoms with van der Waals surface area (Å²) in [7, 11) is 0. The highest BCUT2D eigenvalue weighted by atomic mass is 19.4. The van der Waals surface area contributed by atoms with Crippen LogP contribution in [0.2, 0.25) is 0 Å². The lowest BCUT2D eigenvalue weighted by molar-refractivity contribution is -0.139. The molecule has 0 bridgehead atoms. The van der Waals surface area contributed by atoms with E-state index in [-0.39, 0.29) is 23.8 Å². The van der Waals surface area contributed by atoms with Crippen molar-refractivity contribution in [3.05, 3.63) is 51.1 Å². The van der Waals surface area contributed by atoms with Crippen molar-refractivity contribution in [2.75, 3.05) is 18.0 Å². The van der Waals surface area contributed by atoms with E-state index in [0.717, 1.165) is 49.5 Å². The third-order valence-corrected chi connectivity index (χ3v) is 7.63. The predicted molar refractivity (Wildman–Crippen MR) is 187 cm³/mol. The Hall–Kier alpha value is -3.04. The number of carbonyl (C=O) groups is 1. The van der Waals surface area contributed by atoms with Gasteiger partial charge < -0.3 is 15.1 Å². The molecule has 0 saturated heterocycles. The van der Waals surface area contributed by atoms with E-state index in [2.05, 4.69) is 63.4 Å². The van der Waals surface area contributed by atoms with Crippen LogP contribution in [-0.4, -0.2) is 40.8 Å². The van der Waals surface area contributed by atoms with Crippen molar-refractivity contribution >= 4 is 18.3 Å². The summed E-state index contributed by atoms with van der Waals surface area (Å²) in [6.45, 7) is 22.9. The van der Waals surface area contributed by atoms with Crippen LogP contribution in [0.4, 0.5) is 19.0 Å². The lowest BCUT2D eigenvalue weighted by atomic mass is 9.90. The molecule has 10 heteroatoms. The highest BCUT2D eigenvalue weighted by Crippen LogP contribution is 2.42. The number of nitrogens with one attached hydrogen (secondary N) is 2. The van der Waals surface area contributed by atoms with Gasteiger partial charge in [-0.2, -0.15) is 18.3 Å². The van der Waals surface area contributed by atoms with E-state index in [1.54, 1.807) is 6.20 Å². The Morgan fingerprint density at radius 3 is 2.02 bits per heavy atom. The molecule has 3 atom stereocenters. The number of rotatable bonds is 11. The second-order valence-electron chi connectivity index (χ2n) is 11.6. The fourth-order valence-electron chi connectivity index (χ4n) is 4.50. The zero-order chi connectivity index (χ0) is 35.7. The van der Waals surface area contributed by atoms with Crippen molar-refractivity contribution in [2.45, 2.75) is 139 Å². The van der Waals surface area contributed by atoms with Gasteiger partial charge in [-0.15, -0.1) is 0 Å². The molecule has 0 radical (unpaired) electrons. The maximum atomic E-state index is 12.9. The van der Waals surface area contributed by atoms with Crippen molar-refractivity contribution in [3.63, 3.8) is 0 Å². The number of hydrogen-bond donors (Lipinski definition) is 2. The van der Waals surface area contributed by atoms with E-state index < -0.39 is 17.3 Å². The second-order valence-corrected chi connectivity index (χ2v) is 11.6. The summed E-state index contributed by atoms with van der Waals surface area (Å²) in [5.74, 6) is 2.09. The van der Waals surface area contributed by atoms with Gasteiger partial charge >= 0.3 is 6.18 Å². The van der Waals surface area contributed by atoms with Crippen molar-refractivity contribution in [3.8, 4) is 0 Å². The van der Waals surface area contributed by atoms with Crippen LogP contribution in [0.1, 0.15) is 149 Å². The number of alkyl halides is 3. The van der Waals surface area contributed by atoms with Gasteiger partial charge in [-0.25, -0.2) is 10.1 Å². The Morgan fingerprint density at radius 2 is 1.61 bits per heavy atom. The number of H-pyrrole nitrogens is 1. The predicted octanol–water partition coefficient (Wildman–Crippen LogP) is 10.0. The molecule has 7 nitrogen and oxygen atoms in total. The number of aldehydes is 1. The van der Waals surface area contributed by atoms with Gasteiger partial charge in [0.25, 0.3) is 5.56 Å². The van der Waals surface area contributed by atoms with Crippen LogP contribution in [0.5, 0.6) is 0 Å².